The Labute approximate surface area is 383 Å². The number of aromatic nitrogens is 1. The molecule has 368 valence electrons. The summed E-state index contributed by atoms with van der Waals surface area (Å²) < 4.78 is 303. The molecule has 1 fully saturated rings. The number of rotatable bonds is 8. The second kappa shape index (κ2) is 19.6. The van der Waals surface area contributed by atoms with Gasteiger partial charge in [0, 0.05) is 11.6 Å². The Morgan fingerprint density at radius 2 is 0.757 bits per heavy atom. The smallest absolute Gasteiger partial charge is 0.415 e. The van der Waals surface area contributed by atoms with E-state index in [2.05, 4.69) is 28.8 Å². The number of carbonyl (C=O) groups excluding carboxylic acids is 1. The molecule has 0 atom stereocenters. The Kier molecular flexibility index (Phi) is 14.4. The van der Waals surface area contributed by atoms with Gasteiger partial charge in [-0.1, -0.05) is 60.2 Å². The maximum absolute atomic E-state index is 15.4. The lowest BCUT2D eigenvalue weighted by atomic mass is 9.12. The van der Waals surface area contributed by atoms with Gasteiger partial charge < -0.3 is 4.74 Å². The molecule has 1 aliphatic rings. The van der Waals surface area contributed by atoms with Crippen molar-refractivity contribution in [3.63, 3.8) is 0 Å². The van der Waals surface area contributed by atoms with Crippen LogP contribution in [0, 0.1) is 116 Å². The monoisotopic (exact) mass is 1030 g/mol. The van der Waals surface area contributed by atoms with Crippen molar-refractivity contribution in [1.29, 1.82) is 0 Å². The SMILES string of the molecule is Fc1c(F)c(F)c([B-](c2c(F)c(F)c(F)c(F)c2F)(c2c(F)c(F)c(F)c(F)c2F)c2c(F)c(F)c(F)c(F)c2F)c(F)c1F.O=C(OC1CCCCC1)c1sc2ccccc2[n+]1Cc1ccccc1. The topological polar surface area (TPSA) is 30.2 Å². The molecule has 8 rings (SSSR count). The van der Waals surface area contributed by atoms with E-state index < -0.39 is 144 Å². The molecule has 6 aromatic carbocycles. The van der Waals surface area contributed by atoms with E-state index in [1.165, 1.54) is 23.3 Å². The molecule has 0 aliphatic heterocycles. The second-order valence-corrected chi connectivity index (χ2v) is 16.4. The van der Waals surface area contributed by atoms with Gasteiger partial charge >= 0.3 is 11.0 Å². The van der Waals surface area contributed by atoms with Gasteiger partial charge in [-0.3, -0.25) is 0 Å². The van der Waals surface area contributed by atoms with Crippen LogP contribution < -0.4 is 26.4 Å². The average Bonchev–Trinajstić information content (AvgIpc) is 3.72. The van der Waals surface area contributed by atoms with Crippen LogP contribution in [0.5, 0.6) is 0 Å². The van der Waals surface area contributed by atoms with Crippen molar-refractivity contribution in [1.82, 2.24) is 0 Å². The Morgan fingerprint density at radius 1 is 0.443 bits per heavy atom. The lowest BCUT2D eigenvalue weighted by Gasteiger charge is -2.44. The van der Waals surface area contributed by atoms with E-state index in [9.17, 15) is 57.5 Å². The Balaban J connectivity index is 0.000000242. The largest absolute Gasteiger partial charge is 0.454 e. The highest BCUT2D eigenvalue weighted by atomic mass is 32.1. The van der Waals surface area contributed by atoms with Gasteiger partial charge in [0.1, 0.15) is 63.5 Å². The van der Waals surface area contributed by atoms with Crippen molar-refractivity contribution in [3.8, 4) is 0 Å². The van der Waals surface area contributed by atoms with Crippen LogP contribution in [0.2, 0.25) is 0 Å². The molecular weight excluding hydrogens is 1010 g/mol. The zero-order valence-electron chi connectivity index (χ0n) is 34.3. The molecule has 3 nitrogen and oxygen atoms in total. The fourth-order valence-electron chi connectivity index (χ4n) is 8.37. The minimum Gasteiger partial charge on any atom is -0.454 e. The van der Waals surface area contributed by atoms with Crippen molar-refractivity contribution in [3.05, 3.63) is 182 Å². The Hall–Kier alpha value is -6.66. The highest BCUT2D eigenvalue weighted by molar-refractivity contribution is 7.20. The van der Waals surface area contributed by atoms with Gasteiger partial charge in [0.15, 0.2) is 76.4 Å². The standard InChI is InChI=1S/C24BF20.C21H22NO2S/c26-5-1(6(27)14(35)21(42)13(5)34)25(2-7(28)15(36)22(43)16(37)8(2)29,3-9(30)17(38)23(44)18(39)10(3)31)4-11(32)19(40)24(45)20(41)12(4)33;23-21(24-17-11-5-2-6-12-17)20-22(15-16-9-3-1-4-10-16)18-13-7-8-14-19(18)25-20/h;1,3-4,7-10,13-14,17H,2,5-6,11-12,15H2/q-1;+1. The first-order chi connectivity index (χ1) is 33.0. The zero-order chi connectivity index (χ0) is 51.4. The summed E-state index contributed by atoms with van der Waals surface area (Å²) in [5.41, 5.74) is -12.1. The molecular formula is C45H22BF20NO2S. The van der Waals surface area contributed by atoms with E-state index >= 15 is 35.1 Å². The molecule has 1 heterocycles. The minimum atomic E-state index is -7.22. The number of esters is 1. The van der Waals surface area contributed by atoms with Gasteiger partial charge in [-0.05, 0) is 31.7 Å². The van der Waals surface area contributed by atoms with E-state index in [0.717, 1.165) is 35.9 Å². The van der Waals surface area contributed by atoms with Crippen LogP contribution in [0.25, 0.3) is 10.2 Å². The van der Waals surface area contributed by atoms with Crippen LogP contribution in [0.4, 0.5) is 87.8 Å². The molecule has 0 N–H and O–H groups in total. The predicted molar refractivity (Wildman–Crippen MR) is 209 cm³/mol. The molecule has 7 aromatic rings. The molecule has 0 bridgehead atoms. The maximum atomic E-state index is 15.4. The number of hydrogen-bond donors (Lipinski definition) is 0. The first kappa shape index (κ1) is 51.2. The van der Waals surface area contributed by atoms with Crippen LogP contribution in [-0.4, -0.2) is 18.2 Å². The third-order valence-corrected chi connectivity index (χ3v) is 12.6. The normalized spacial score (nSPS) is 13.2. The van der Waals surface area contributed by atoms with Gasteiger partial charge in [-0.25, -0.2) is 92.6 Å². The number of fused-ring (bicyclic) bond motifs is 1. The highest BCUT2D eigenvalue weighted by Crippen LogP contribution is 2.31. The molecule has 1 aromatic heterocycles. The van der Waals surface area contributed by atoms with Gasteiger partial charge in [-0.2, -0.15) is 4.57 Å². The molecule has 25 heteroatoms. The lowest BCUT2D eigenvalue weighted by molar-refractivity contribution is -0.660. The summed E-state index contributed by atoms with van der Waals surface area (Å²) in [7, 11) is 0. The summed E-state index contributed by atoms with van der Waals surface area (Å²) in [6.45, 7) is 0.681. The van der Waals surface area contributed by atoms with Crippen LogP contribution in [0.1, 0.15) is 47.5 Å². The highest BCUT2D eigenvalue weighted by Gasteiger charge is 2.52. The summed E-state index contributed by atoms with van der Waals surface area (Å²) in [6.07, 6.45) is -1.57. The number of thiazole rings is 1. The Bertz CT molecular complexity index is 2850. The van der Waals surface area contributed by atoms with Gasteiger partial charge in [0.2, 0.25) is 5.52 Å². The van der Waals surface area contributed by atoms with Crippen LogP contribution in [0.3, 0.4) is 0 Å². The van der Waals surface area contributed by atoms with Crippen molar-refractivity contribution in [2.45, 2.75) is 44.8 Å². The number of halogens is 20. The third-order valence-electron chi connectivity index (χ3n) is 11.5. The number of para-hydroxylation sites is 1. The molecule has 0 radical (unpaired) electrons. The third kappa shape index (κ3) is 8.27. The molecule has 0 unspecified atom stereocenters. The summed E-state index contributed by atoms with van der Waals surface area (Å²) in [5, 5.41) is 0.690. The van der Waals surface area contributed by atoms with Crippen LogP contribution in [0.15, 0.2) is 54.6 Å². The predicted octanol–water partition coefficient (Wildman–Crippen LogP) is 10.6. The molecule has 0 saturated heterocycles. The van der Waals surface area contributed by atoms with E-state index in [0.29, 0.717) is 11.6 Å². The summed E-state index contributed by atoms with van der Waals surface area (Å²) >= 11 is 1.53. The number of nitrogens with zero attached hydrogens (tertiary/aromatic N) is 1. The number of carbonyl (C=O) groups is 1. The number of benzene rings is 6. The second-order valence-electron chi connectivity index (χ2n) is 15.4. The fourth-order valence-corrected chi connectivity index (χ4v) is 9.41. The summed E-state index contributed by atoms with van der Waals surface area (Å²) in [5.74, 6) is -71.6. The average molecular weight is 1030 g/mol. The first-order valence-corrected chi connectivity index (χ1v) is 20.7. The van der Waals surface area contributed by atoms with Crippen LogP contribution >= 0.6 is 11.3 Å². The van der Waals surface area contributed by atoms with Gasteiger partial charge in [-0.15, -0.1) is 21.9 Å². The molecule has 1 aliphatic carbocycles. The van der Waals surface area contributed by atoms with E-state index in [1.807, 2.05) is 30.3 Å². The Morgan fingerprint density at radius 3 is 1.11 bits per heavy atom. The molecule has 0 spiro atoms. The minimum absolute atomic E-state index is 0.0802. The quantitative estimate of drug-likeness (QED) is 0.0379. The van der Waals surface area contributed by atoms with Crippen molar-refractivity contribution < 1.29 is 102 Å². The first-order valence-electron chi connectivity index (χ1n) is 19.9. The van der Waals surface area contributed by atoms with Crippen molar-refractivity contribution in [2.24, 2.45) is 0 Å². The van der Waals surface area contributed by atoms with Crippen molar-refractivity contribution >= 4 is 55.5 Å². The van der Waals surface area contributed by atoms with Crippen molar-refractivity contribution in [2.75, 3.05) is 0 Å². The van der Waals surface area contributed by atoms with E-state index in [-0.39, 0.29) is 12.1 Å². The molecule has 1 saturated carbocycles. The van der Waals surface area contributed by atoms with E-state index in [4.69, 9.17) is 4.74 Å². The fraction of sp³-hybridized carbons (Fsp3) is 0.156. The maximum Gasteiger partial charge on any atom is 0.415 e. The van der Waals surface area contributed by atoms with Gasteiger partial charge in [0.05, 0.1) is 0 Å². The summed E-state index contributed by atoms with van der Waals surface area (Å²) in [4.78, 5) is 12.9. The number of ether oxygens (including phenoxy) is 1. The lowest BCUT2D eigenvalue weighted by Crippen LogP contribution is -2.81. The molecule has 0 amide bonds. The number of hydrogen-bond acceptors (Lipinski definition) is 3. The summed E-state index contributed by atoms with van der Waals surface area (Å²) in [6, 6.07) is 18.4. The zero-order valence-corrected chi connectivity index (χ0v) is 35.1. The van der Waals surface area contributed by atoms with E-state index in [1.54, 1.807) is 0 Å². The van der Waals surface area contributed by atoms with Gasteiger partial charge in [0.25, 0.3) is 0 Å². The molecule has 70 heavy (non-hydrogen) atoms. The van der Waals surface area contributed by atoms with Crippen LogP contribution in [-0.2, 0) is 11.3 Å².